The van der Waals surface area contributed by atoms with Crippen molar-refractivity contribution in [1.29, 1.82) is 0 Å². The molecule has 0 aliphatic heterocycles. The van der Waals surface area contributed by atoms with Crippen molar-refractivity contribution in [3.05, 3.63) is 40.5 Å². The van der Waals surface area contributed by atoms with Crippen LogP contribution in [0.2, 0.25) is 5.15 Å². The van der Waals surface area contributed by atoms with E-state index in [9.17, 15) is 0 Å². The Balaban J connectivity index is 2.24. The van der Waals surface area contributed by atoms with Gasteiger partial charge in [0.2, 0.25) is 0 Å². The zero-order valence-corrected chi connectivity index (χ0v) is 13.2. The van der Waals surface area contributed by atoms with Gasteiger partial charge in [-0.05, 0) is 31.5 Å². The lowest BCUT2D eigenvalue weighted by molar-refractivity contribution is 0.919. The molecule has 3 aromatic rings. The molecule has 2 aromatic heterocycles. The lowest BCUT2D eigenvalue weighted by Gasteiger charge is -2.13. The Hall–Kier alpha value is -2.14. The summed E-state index contributed by atoms with van der Waals surface area (Å²) in [5.74, 6) is 0.693. The van der Waals surface area contributed by atoms with Crippen LogP contribution in [0, 0.1) is 13.8 Å². The van der Waals surface area contributed by atoms with E-state index in [1.54, 1.807) is 4.52 Å². The molecule has 2 heterocycles. The number of fused-ring (bicyclic) bond motifs is 1. The Morgan fingerprint density at radius 3 is 2.57 bits per heavy atom. The van der Waals surface area contributed by atoms with Crippen LogP contribution in [0.4, 0.5) is 5.69 Å². The van der Waals surface area contributed by atoms with Gasteiger partial charge in [0.25, 0.3) is 0 Å². The molecule has 0 N–H and O–H groups in total. The highest BCUT2D eigenvalue weighted by atomic mass is 35.5. The molecular weight excluding hydrogens is 286 g/mol. The van der Waals surface area contributed by atoms with E-state index in [4.69, 9.17) is 11.6 Å². The Morgan fingerprint density at radius 2 is 1.86 bits per heavy atom. The van der Waals surface area contributed by atoms with Gasteiger partial charge in [-0.25, -0.2) is 0 Å². The van der Waals surface area contributed by atoms with Crippen LogP contribution in [0.1, 0.15) is 11.1 Å². The lowest BCUT2D eigenvalue weighted by atomic mass is 10.2. The van der Waals surface area contributed by atoms with E-state index < -0.39 is 0 Å². The summed E-state index contributed by atoms with van der Waals surface area (Å²) < 4.78 is 1.71. The SMILES string of the molecule is Cc1c(Cl)nn2c(-c3cccc(N(C)C)c3)nnc2c1C. The highest BCUT2D eigenvalue weighted by Crippen LogP contribution is 2.25. The van der Waals surface area contributed by atoms with Crippen LogP contribution in [0.3, 0.4) is 0 Å². The van der Waals surface area contributed by atoms with Crippen molar-refractivity contribution in [3.8, 4) is 11.4 Å². The number of benzene rings is 1. The van der Waals surface area contributed by atoms with Crippen molar-refractivity contribution in [1.82, 2.24) is 19.8 Å². The first-order chi connectivity index (χ1) is 9.99. The molecule has 0 bridgehead atoms. The number of hydrogen-bond donors (Lipinski definition) is 0. The topological polar surface area (TPSA) is 46.3 Å². The molecule has 6 heteroatoms. The lowest BCUT2D eigenvalue weighted by Crippen LogP contribution is -2.08. The molecule has 0 saturated carbocycles. The maximum absolute atomic E-state index is 6.20. The molecule has 0 atom stereocenters. The predicted octanol–water partition coefficient (Wildman–Crippen LogP) is 3.13. The standard InChI is InChI=1S/C15H16ClN5/c1-9-10(2)14-17-18-15(21(14)19-13(9)16)11-6-5-7-12(8-11)20(3)4/h5-8H,1-4H3. The second kappa shape index (κ2) is 5.00. The highest BCUT2D eigenvalue weighted by molar-refractivity contribution is 6.30. The van der Waals surface area contributed by atoms with E-state index in [1.165, 1.54) is 0 Å². The number of anilines is 1. The van der Waals surface area contributed by atoms with Crippen LogP contribution in [0.25, 0.3) is 17.0 Å². The summed E-state index contributed by atoms with van der Waals surface area (Å²) in [4.78, 5) is 2.04. The van der Waals surface area contributed by atoms with Gasteiger partial charge in [-0.1, -0.05) is 23.7 Å². The van der Waals surface area contributed by atoms with E-state index >= 15 is 0 Å². The summed E-state index contributed by atoms with van der Waals surface area (Å²) in [5, 5.41) is 13.4. The molecule has 0 aliphatic carbocycles. The predicted molar refractivity (Wildman–Crippen MR) is 85.0 cm³/mol. The van der Waals surface area contributed by atoms with E-state index in [1.807, 2.05) is 51.0 Å². The van der Waals surface area contributed by atoms with E-state index in [0.717, 1.165) is 28.0 Å². The highest BCUT2D eigenvalue weighted by Gasteiger charge is 2.15. The Bertz CT molecular complexity index is 822. The second-order valence-corrected chi connectivity index (χ2v) is 5.60. The summed E-state index contributed by atoms with van der Waals surface area (Å²) in [6, 6.07) is 8.09. The van der Waals surface area contributed by atoms with Gasteiger partial charge >= 0.3 is 0 Å². The molecule has 0 radical (unpaired) electrons. The minimum atomic E-state index is 0.477. The molecule has 0 amide bonds. The van der Waals surface area contributed by atoms with Gasteiger partial charge < -0.3 is 4.90 Å². The number of nitrogens with zero attached hydrogens (tertiary/aromatic N) is 5. The average molecular weight is 302 g/mol. The van der Waals surface area contributed by atoms with Crippen molar-refractivity contribution in [2.75, 3.05) is 19.0 Å². The van der Waals surface area contributed by atoms with Crippen LogP contribution in [0.15, 0.2) is 24.3 Å². The van der Waals surface area contributed by atoms with Gasteiger partial charge in [0.1, 0.15) is 0 Å². The minimum Gasteiger partial charge on any atom is -0.378 e. The first-order valence-electron chi connectivity index (χ1n) is 6.65. The molecule has 0 fully saturated rings. The van der Waals surface area contributed by atoms with Gasteiger partial charge in [0, 0.05) is 30.9 Å². The van der Waals surface area contributed by atoms with Crippen molar-refractivity contribution in [2.45, 2.75) is 13.8 Å². The number of halogens is 1. The van der Waals surface area contributed by atoms with Crippen LogP contribution in [-0.4, -0.2) is 33.9 Å². The van der Waals surface area contributed by atoms with Crippen LogP contribution >= 0.6 is 11.6 Å². The first-order valence-corrected chi connectivity index (χ1v) is 7.02. The molecule has 5 nitrogen and oxygen atoms in total. The van der Waals surface area contributed by atoms with E-state index in [2.05, 4.69) is 21.4 Å². The summed E-state index contributed by atoms with van der Waals surface area (Å²) in [7, 11) is 4.01. The summed E-state index contributed by atoms with van der Waals surface area (Å²) in [6.45, 7) is 3.92. The summed E-state index contributed by atoms with van der Waals surface area (Å²) >= 11 is 6.20. The van der Waals surface area contributed by atoms with Crippen LogP contribution in [-0.2, 0) is 0 Å². The van der Waals surface area contributed by atoms with Gasteiger partial charge in [-0.15, -0.1) is 10.2 Å². The minimum absolute atomic E-state index is 0.477. The molecule has 0 unspecified atom stereocenters. The first kappa shape index (κ1) is 13.8. The van der Waals surface area contributed by atoms with Crippen LogP contribution in [0.5, 0.6) is 0 Å². The van der Waals surface area contributed by atoms with Gasteiger partial charge in [0.15, 0.2) is 16.6 Å². The number of aryl methyl sites for hydroxylation is 1. The fourth-order valence-electron chi connectivity index (χ4n) is 2.20. The molecule has 0 spiro atoms. The van der Waals surface area contributed by atoms with Crippen molar-refractivity contribution in [3.63, 3.8) is 0 Å². The van der Waals surface area contributed by atoms with Crippen molar-refractivity contribution < 1.29 is 0 Å². The third kappa shape index (κ3) is 2.23. The maximum atomic E-state index is 6.20. The van der Waals surface area contributed by atoms with E-state index in [-0.39, 0.29) is 0 Å². The molecule has 3 rings (SSSR count). The molecule has 0 aliphatic rings. The number of hydrogen-bond acceptors (Lipinski definition) is 4. The molecular formula is C15H16ClN5. The molecule has 0 saturated heterocycles. The Morgan fingerprint density at radius 1 is 1.10 bits per heavy atom. The summed E-state index contributed by atoms with van der Waals surface area (Å²) in [6.07, 6.45) is 0. The van der Waals surface area contributed by atoms with Crippen molar-refractivity contribution >= 4 is 22.9 Å². The maximum Gasteiger partial charge on any atom is 0.185 e. The Labute approximate surface area is 128 Å². The number of rotatable bonds is 2. The smallest absolute Gasteiger partial charge is 0.185 e. The van der Waals surface area contributed by atoms with E-state index in [0.29, 0.717) is 11.0 Å². The van der Waals surface area contributed by atoms with Gasteiger partial charge in [0.05, 0.1) is 0 Å². The third-order valence-electron chi connectivity index (χ3n) is 3.66. The zero-order chi connectivity index (χ0) is 15.1. The molecule has 21 heavy (non-hydrogen) atoms. The zero-order valence-electron chi connectivity index (χ0n) is 12.4. The number of aromatic nitrogens is 4. The second-order valence-electron chi connectivity index (χ2n) is 5.24. The average Bonchev–Trinajstić information content (AvgIpc) is 2.88. The fraction of sp³-hybridized carbons (Fsp3) is 0.267. The van der Waals surface area contributed by atoms with Gasteiger partial charge in [-0.2, -0.15) is 9.61 Å². The fourth-order valence-corrected chi connectivity index (χ4v) is 2.41. The quantitative estimate of drug-likeness (QED) is 0.729. The normalized spacial score (nSPS) is 11.1. The van der Waals surface area contributed by atoms with Crippen molar-refractivity contribution in [2.24, 2.45) is 0 Å². The largest absolute Gasteiger partial charge is 0.378 e. The van der Waals surface area contributed by atoms with Crippen LogP contribution < -0.4 is 4.90 Å². The monoisotopic (exact) mass is 301 g/mol. The third-order valence-corrected chi connectivity index (χ3v) is 4.02. The molecule has 108 valence electrons. The molecule has 1 aromatic carbocycles. The Kier molecular flexibility index (Phi) is 3.29. The van der Waals surface area contributed by atoms with Gasteiger partial charge in [-0.3, -0.25) is 0 Å². The summed E-state index contributed by atoms with van der Waals surface area (Å²) in [5.41, 5.74) is 4.73.